The number of ether oxygens (including phenoxy) is 2. The maximum Gasteiger partial charge on any atom is 0.231 e. The minimum Gasteiger partial charge on any atom is -0.497 e. The number of benzene rings is 2. The van der Waals surface area contributed by atoms with Crippen molar-refractivity contribution >= 4 is 27.5 Å². The molecule has 0 unspecified atom stereocenters. The van der Waals surface area contributed by atoms with Crippen LogP contribution in [0, 0.1) is 0 Å². The van der Waals surface area contributed by atoms with E-state index in [9.17, 15) is 4.79 Å². The van der Waals surface area contributed by atoms with E-state index in [-0.39, 0.29) is 5.91 Å². The Hall–Kier alpha value is -2.01. The van der Waals surface area contributed by atoms with Crippen molar-refractivity contribution in [3.05, 3.63) is 51.5 Å². The summed E-state index contributed by atoms with van der Waals surface area (Å²) in [5, 5.41) is 0. The maximum atomic E-state index is 12.7. The van der Waals surface area contributed by atoms with Gasteiger partial charge in [0.1, 0.15) is 11.5 Å². The highest BCUT2D eigenvalue weighted by Gasteiger charge is 2.34. The van der Waals surface area contributed by atoms with Gasteiger partial charge in [-0.25, -0.2) is 0 Å². The molecule has 0 atom stereocenters. The van der Waals surface area contributed by atoms with E-state index in [0.29, 0.717) is 18.9 Å². The standard InChI is InChI=1S/C20H22BrNO3/c1-12(2)15-9-17(21)16-10-18(23)22(19(16)20(15)25-4)11-13-5-7-14(24-3)8-6-13/h5-9,12H,10-11H2,1-4H3. The monoisotopic (exact) mass is 403 g/mol. The average molecular weight is 404 g/mol. The predicted octanol–water partition coefficient (Wildman–Crippen LogP) is 4.68. The molecule has 1 aliphatic rings. The average Bonchev–Trinajstić information content (AvgIpc) is 2.93. The van der Waals surface area contributed by atoms with Crippen LogP contribution in [0.15, 0.2) is 34.8 Å². The first-order valence-corrected chi connectivity index (χ1v) is 9.08. The summed E-state index contributed by atoms with van der Waals surface area (Å²) in [5.74, 6) is 1.99. The third-order valence-electron chi connectivity index (χ3n) is 4.56. The molecule has 1 amide bonds. The van der Waals surface area contributed by atoms with Crippen LogP contribution < -0.4 is 14.4 Å². The number of rotatable bonds is 5. The molecule has 0 bridgehead atoms. The summed E-state index contributed by atoms with van der Waals surface area (Å²) in [6.07, 6.45) is 0.390. The van der Waals surface area contributed by atoms with Gasteiger partial charge in [-0.1, -0.05) is 41.9 Å². The molecule has 2 aromatic rings. The fourth-order valence-corrected chi connectivity index (χ4v) is 3.80. The normalized spacial score (nSPS) is 13.4. The minimum absolute atomic E-state index is 0.0886. The highest BCUT2D eigenvalue weighted by Crippen LogP contribution is 2.46. The SMILES string of the molecule is COc1ccc(CN2C(=O)Cc3c(Br)cc(C(C)C)c(OC)c32)cc1. The number of fused-ring (bicyclic) bond motifs is 1. The Balaban J connectivity index is 2.04. The topological polar surface area (TPSA) is 38.8 Å². The Kier molecular flexibility index (Phi) is 5.04. The molecule has 1 aliphatic heterocycles. The molecule has 0 spiro atoms. The number of amides is 1. The lowest BCUT2D eigenvalue weighted by atomic mass is 9.98. The van der Waals surface area contributed by atoms with Crippen LogP contribution in [-0.2, 0) is 17.8 Å². The fourth-order valence-electron chi connectivity index (χ4n) is 3.23. The van der Waals surface area contributed by atoms with Gasteiger partial charge in [0.25, 0.3) is 0 Å². The van der Waals surface area contributed by atoms with E-state index < -0.39 is 0 Å². The molecule has 25 heavy (non-hydrogen) atoms. The van der Waals surface area contributed by atoms with E-state index in [1.807, 2.05) is 29.2 Å². The van der Waals surface area contributed by atoms with Crippen LogP contribution in [0.25, 0.3) is 0 Å². The molecule has 4 nitrogen and oxygen atoms in total. The first-order chi connectivity index (χ1) is 12.0. The number of hydrogen-bond acceptors (Lipinski definition) is 3. The lowest BCUT2D eigenvalue weighted by Crippen LogP contribution is -2.26. The Morgan fingerprint density at radius 1 is 1.16 bits per heavy atom. The van der Waals surface area contributed by atoms with Crippen molar-refractivity contribution in [3.8, 4) is 11.5 Å². The van der Waals surface area contributed by atoms with Gasteiger partial charge in [0.15, 0.2) is 0 Å². The quantitative estimate of drug-likeness (QED) is 0.727. The zero-order chi connectivity index (χ0) is 18.1. The van der Waals surface area contributed by atoms with Gasteiger partial charge in [-0.15, -0.1) is 0 Å². The number of hydrogen-bond donors (Lipinski definition) is 0. The second-order valence-electron chi connectivity index (χ2n) is 6.47. The summed E-state index contributed by atoms with van der Waals surface area (Å²) in [6, 6.07) is 9.87. The van der Waals surface area contributed by atoms with E-state index >= 15 is 0 Å². The predicted molar refractivity (Wildman–Crippen MR) is 103 cm³/mol. The molecule has 1 heterocycles. The first kappa shape index (κ1) is 17.8. The van der Waals surface area contributed by atoms with Gasteiger partial charge in [-0.2, -0.15) is 0 Å². The van der Waals surface area contributed by atoms with E-state index in [1.165, 1.54) is 0 Å². The van der Waals surface area contributed by atoms with Crippen LogP contribution in [0.5, 0.6) is 11.5 Å². The van der Waals surface area contributed by atoms with Crippen molar-refractivity contribution in [2.75, 3.05) is 19.1 Å². The van der Waals surface area contributed by atoms with Crippen molar-refractivity contribution in [3.63, 3.8) is 0 Å². The summed E-state index contributed by atoms with van der Waals surface area (Å²) in [7, 11) is 3.31. The molecule has 0 aliphatic carbocycles. The maximum absolute atomic E-state index is 12.7. The molecule has 0 saturated carbocycles. The molecule has 0 radical (unpaired) electrons. The van der Waals surface area contributed by atoms with Gasteiger partial charge < -0.3 is 14.4 Å². The van der Waals surface area contributed by atoms with E-state index in [1.54, 1.807) is 14.2 Å². The van der Waals surface area contributed by atoms with Crippen molar-refractivity contribution in [1.82, 2.24) is 0 Å². The smallest absolute Gasteiger partial charge is 0.231 e. The fraction of sp³-hybridized carbons (Fsp3) is 0.350. The lowest BCUT2D eigenvalue weighted by Gasteiger charge is -2.23. The van der Waals surface area contributed by atoms with Gasteiger partial charge in [-0.05, 0) is 35.2 Å². The number of anilines is 1. The third kappa shape index (κ3) is 3.25. The summed E-state index contributed by atoms with van der Waals surface area (Å²) in [6.45, 7) is 4.77. The summed E-state index contributed by atoms with van der Waals surface area (Å²) < 4.78 is 11.9. The van der Waals surface area contributed by atoms with Crippen molar-refractivity contribution in [2.45, 2.75) is 32.7 Å². The highest BCUT2D eigenvalue weighted by atomic mass is 79.9. The Morgan fingerprint density at radius 2 is 1.84 bits per heavy atom. The van der Waals surface area contributed by atoms with Crippen molar-refractivity contribution in [2.24, 2.45) is 0 Å². The molecule has 132 valence electrons. The molecular weight excluding hydrogens is 382 g/mol. The molecule has 0 fully saturated rings. The largest absolute Gasteiger partial charge is 0.497 e. The summed E-state index contributed by atoms with van der Waals surface area (Å²) >= 11 is 3.64. The molecule has 0 N–H and O–H groups in total. The molecule has 0 saturated heterocycles. The van der Waals surface area contributed by atoms with E-state index in [0.717, 1.165) is 38.3 Å². The molecular formula is C20H22BrNO3. The Morgan fingerprint density at radius 3 is 2.40 bits per heavy atom. The zero-order valence-electron chi connectivity index (χ0n) is 14.9. The van der Waals surface area contributed by atoms with Crippen molar-refractivity contribution < 1.29 is 14.3 Å². The van der Waals surface area contributed by atoms with Gasteiger partial charge in [-0.3, -0.25) is 4.79 Å². The first-order valence-electron chi connectivity index (χ1n) is 8.28. The Labute approximate surface area is 156 Å². The number of carbonyl (C=O) groups excluding carboxylic acids is 1. The van der Waals surface area contributed by atoms with Gasteiger partial charge in [0.2, 0.25) is 5.91 Å². The van der Waals surface area contributed by atoms with Crippen LogP contribution in [0.1, 0.15) is 36.5 Å². The van der Waals surface area contributed by atoms with Crippen LogP contribution >= 0.6 is 15.9 Å². The zero-order valence-corrected chi connectivity index (χ0v) is 16.5. The molecule has 0 aromatic heterocycles. The number of halogens is 1. The van der Waals surface area contributed by atoms with Crippen molar-refractivity contribution in [1.29, 1.82) is 0 Å². The second-order valence-corrected chi connectivity index (χ2v) is 7.32. The number of methoxy groups -OCH3 is 2. The number of carbonyl (C=O) groups is 1. The van der Waals surface area contributed by atoms with Gasteiger partial charge >= 0.3 is 0 Å². The highest BCUT2D eigenvalue weighted by molar-refractivity contribution is 9.10. The summed E-state index contributed by atoms with van der Waals surface area (Å²) in [4.78, 5) is 14.5. The lowest BCUT2D eigenvalue weighted by molar-refractivity contribution is -0.117. The number of nitrogens with zero attached hydrogens (tertiary/aromatic N) is 1. The molecule has 2 aromatic carbocycles. The minimum atomic E-state index is 0.0886. The molecule has 5 heteroatoms. The van der Waals surface area contributed by atoms with E-state index in [4.69, 9.17) is 9.47 Å². The van der Waals surface area contributed by atoms with Crippen LogP contribution in [0.3, 0.4) is 0 Å². The molecule has 3 rings (SSSR count). The van der Waals surface area contributed by atoms with Crippen LogP contribution in [0.2, 0.25) is 0 Å². The van der Waals surface area contributed by atoms with E-state index in [2.05, 4.69) is 35.8 Å². The van der Waals surface area contributed by atoms with Gasteiger partial charge in [0, 0.05) is 10.0 Å². The van der Waals surface area contributed by atoms with Crippen LogP contribution in [-0.4, -0.2) is 20.1 Å². The summed E-state index contributed by atoms with van der Waals surface area (Å²) in [5.41, 5.74) is 4.04. The third-order valence-corrected chi connectivity index (χ3v) is 5.27. The second kappa shape index (κ2) is 7.08. The van der Waals surface area contributed by atoms with Crippen LogP contribution in [0.4, 0.5) is 5.69 Å². The van der Waals surface area contributed by atoms with Gasteiger partial charge in [0.05, 0.1) is 32.9 Å². The Bertz CT molecular complexity index is 800.